The molecule has 2 heterocycles. The van der Waals surface area contributed by atoms with E-state index in [2.05, 4.69) is 10.3 Å². The quantitative estimate of drug-likeness (QED) is 0.819. The van der Waals surface area contributed by atoms with Crippen LogP contribution in [0.15, 0.2) is 35.3 Å². The summed E-state index contributed by atoms with van der Waals surface area (Å²) in [6.07, 6.45) is 2.03. The van der Waals surface area contributed by atoms with E-state index in [0.29, 0.717) is 10.8 Å². The molecule has 92 valence electrons. The van der Waals surface area contributed by atoms with Crippen molar-refractivity contribution >= 4 is 34.6 Å². The van der Waals surface area contributed by atoms with Crippen molar-refractivity contribution in [3.63, 3.8) is 0 Å². The number of thiocarbonyl (C=S) groups is 1. The van der Waals surface area contributed by atoms with Crippen molar-refractivity contribution in [3.8, 4) is 0 Å². The van der Waals surface area contributed by atoms with Crippen LogP contribution in [0.5, 0.6) is 0 Å². The number of anilines is 1. The largest absolute Gasteiger partial charge is 0.308 e. The maximum atomic E-state index is 12.4. The number of hydrogen-bond acceptors (Lipinski definition) is 3. The van der Waals surface area contributed by atoms with Crippen LogP contribution in [0.4, 0.5) is 5.69 Å². The molecule has 5 heteroatoms. The van der Waals surface area contributed by atoms with Crippen molar-refractivity contribution in [2.45, 2.75) is 18.9 Å². The number of hydrogen-bond donors (Lipinski definition) is 1. The normalized spacial score (nSPS) is 23.7. The molecule has 0 radical (unpaired) electrons. The highest BCUT2D eigenvalue weighted by atomic mass is 32.1. The van der Waals surface area contributed by atoms with Gasteiger partial charge in [0.05, 0.1) is 11.7 Å². The molecular formula is C13H13N3OS. The molecule has 1 saturated heterocycles. The highest BCUT2D eigenvalue weighted by Crippen LogP contribution is 2.22. The van der Waals surface area contributed by atoms with Crippen LogP contribution in [0, 0.1) is 0 Å². The fraction of sp³-hybridized carbons (Fsp3) is 0.308. The number of para-hydroxylation sites is 1. The van der Waals surface area contributed by atoms with E-state index in [9.17, 15) is 4.79 Å². The molecule has 1 atom stereocenters. The number of carbonyl (C=O) groups excluding carboxylic acids is 1. The van der Waals surface area contributed by atoms with Crippen LogP contribution in [0.2, 0.25) is 0 Å². The zero-order valence-electron chi connectivity index (χ0n) is 9.80. The number of rotatable bonds is 2. The molecule has 0 aromatic heterocycles. The minimum atomic E-state index is -0.0920. The van der Waals surface area contributed by atoms with E-state index >= 15 is 0 Å². The Morgan fingerprint density at radius 1 is 1.33 bits per heavy atom. The monoisotopic (exact) mass is 259 g/mol. The lowest BCUT2D eigenvalue weighted by Crippen LogP contribution is -2.40. The van der Waals surface area contributed by atoms with Gasteiger partial charge in [0.15, 0.2) is 0 Å². The minimum Gasteiger partial charge on any atom is -0.308 e. The lowest BCUT2D eigenvalue weighted by atomic mass is 10.1. The third-order valence-electron chi connectivity index (χ3n) is 3.23. The lowest BCUT2D eigenvalue weighted by Gasteiger charge is -2.15. The molecule has 3 rings (SSSR count). The molecule has 4 nitrogen and oxygen atoms in total. The van der Waals surface area contributed by atoms with Crippen LogP contribution in [-0.2, 0) is 4.79 Å². The third-order valence-corrected chi connectivity index (χ3v) is 3.51. The Bertz CT molecular complexity index is 520. The number of carbonyl (C=O) groups is 1. The Kier molecular flexibility index (Phi) is 2.93. The topological polar surface area (TPSA) is 44.7 Å². The van der Waals surface area contributed by atoms with Gasteiger partial charge in [0.2, 0.25) is 5.11 Å². The molecular weight excluding hydrogens is 246 g/mol. The van der Waals surface area contributed by atoms with Crippen LogP contribution in [0.1, 0.15) is 12.8 Å². The van der Waals surface area contributed by atoms with Crippen molar-refractivity contribution in [1.82, 2.24) is 5.32 Å². The average Bonchev–Trinajstić information content (AvgIpc) is 2.99. The maximum absolute atomic E-state index is 12.4. The average molecular weight is 259 g/mol. The SMILES string of the molecule is O=C1C(C2CCCN2)=NC(=S)N1c1ccccc1. The number of nitrogens with zero attached hydrogens (tertiary/aromatic N) is 2. The minimum absolute atomic E-state index is 0.0594. The zero-order chi connectivity index (χ0) is 12.5. The summed E-state index contributed by atoms with van der Waals surface area (Å²) in [7, 11) is 0. The van der Waals surface area contributed by atoms with Crippen LogP contribution in [0.3, 0.4) is 0 Å². The summed E-state index contributed by atoms with van der Waals surface area (Å²) < 4.78 is 0. The first-order valence-corrected chi connectivity index (χ1v) is 6.43. The van der Waals surface area contributed by atoms with E-state index in [4.69, 9.17) is 12.2 Å². The second-order valence-electron chi connectivity index (χ2n) is 4.40. The number of nitrogens with one attached hydrogen (secondary N) is 1. The van der Waals surface area contributed by atoms with Crippen molar-refractivity contribution in [2.24, 2.45) is 4.99 Å². The van der Waals surface area contributed by atoms with E-state index in [-0.39, 0.29) is 11.9 Å². The van der Waals surface area contributed by atoms with E-state index in [1.165, 1.54) is 4.90 Å². The van der Waals surface area contributed by atoms with E-state index < -0.39 is 0 Å². The first kappa shape index (κ1) is 11.5. The van der Waals surface area contributed by atoms with Gasteiger partial charge in [-0.15, -0.1) is 0 Å². The second-order valence-corrected chi connectivity index (χ2v) is 4.77. The van der Waals surface area contributed by atoms with Gasteiger partial charge in [0.25, 0.3) is 5.91 Å². The summed E-state index contributed by atoms with van der Waals surface area (Å²) in [5.74, 6) is -0.0920. The van der Waals surface area contributed by atoms with Crippen LogP contribution in [0.25, 0.3) is 0 Å². The molecule has 1 unspecified atom stereocenters. The smallest absolute Gasteiger partial charge is 0.280 e. The highest BCUT2D eigenvalue weighted by molar-refractivity contribution is 7.80. The van der Waals surface area contributed by atoms with Crippen LogP contribution >= 0.6 is 12.2 Å². The number of aliphatic imine (C=N–C) groups is 1. The summed E-state index contributed by atoms with van der Waals surface area (Å²) in [5.41, 5.74) is 1.34. The Balaban J connectivity index is 1.89. The van der Waals surface area contributed by atoms with Crippen molar-refractivity contribution in [3.05, 3.63) is 30.3 Å². The van der Waals surface area contributed by atoms with Gasteiger partial charge in [-0.3, -0.25) is 9.69 Å². The number of benzene rings is 1. The molecule has 1 aromatic carbocycles. The Labute approximate surface area is 111 Å². The molecule has 1 fully saturated rings. The predicted octanol–water partition coefficient (Wildman–Crippen LogP) is 1.51. The first-order chi connectivity index (χ1) is 8.77. The van der Waals surface area contributed by atoms with Crippen LogP contribution in [-0.4, -0.2) is 29.3 Å². The van der Waals surface area contributed by atoms with Crippen molar-refractivity contribution in [2.75, 3.05) is 11.4 Å². The van der Waals surface area contributed by atoms with E-state index in [0.717, 1.165) is 25.1 Å². The highest BCUT2D eigenvalue weighted by Gasteiger charge is 2.36. The summed E-state index contributed by atoms with van der Waals surface area (Å²) in [6.45, 7) is 0.940. The van der Waals surface area contributed by atoms with Crippen molar-refractivity contribution in [1.29, 1.82) is 0 Å². The zero-order valence-corrected chi connectivity index (χ0v) is 10.6. The fourth-order valence-corrected chi connectivity index (χ4v) is 2.64. The summed E-state index contributed by atoms with van der Waals surface area (Å²) in [6, 6.07) is 9.47. The molecule has 2 aliphatic heterocycles. The van der Waals surface area contributed by atoms with Gasteiger partial charge in [-0.05, 0) is 43.7 Å². The van der Waals surface area contributed by atoms with Gasteiger partial charge in [0, 0.05) is 0 Å². The second kappa shape index (κ2) is 4.59. The molecule has 0 spiro atoms. The van der Waals surface area contributed by atoms with Gasteiger partial charge in [-0.25, -0.2) is 4.99 Å². The van der Waals surface area contributed by atoms with Gasteiger partial charge < -0.3 is 5.32 Å². The molecule has 1 N–H and O–H groups in total. The molecule has 0 bridgehead atoms. The van der Waals surface area contributed by atoms with Crippen LogP contribution < -0.4 is 10.2 Å². The number of amides is 1. The van der Waals surface area contributed by atoms with E-state index in [1.54, 1.807) is 0 Å². The predicted molar refractivity (Wildman–Crippen MR) is 75.0 cm³/mol. The third kappa shape index (κ3) is 1.85. The molecule has 2 aliphatic rings. The van der Waals surface area contributed by atoms with E-state index in [1.807, 2.05) is 30.3 Å². The summed E-state index contributed by atoms with van der Waals surface area (Å²) in [4.78, 5) is 18.1. The molecule has 1 aromatic rings. The molecule has 18 heavy (non-hydrogen) atoms. The Morgan fingerprint density at radius 2 is 2.11 bits per heavy atom. The lowest BCUT2D eigenvalue weighted by molar-refractivity contribution is -0.111. The first-order valence-electron chi connectivity index (χ1n) is 6.03. The summed E-state index contributed by atoms with van der Waals surface area (Å²) >= 11 is 5.20. The van der Waals surface area contributed by atoms with Gasteiger partial charge >= 0.3 is 0 Å². The summed E-state index contributed by atoms with van der Waals surface area (Å²) in [5, 5.41) is 3.63. The maximum Gasteiger partial charge on any atom is 0.280 e. The van der Waals surface area contributed by atoms with Gasteiger partial charge in [-0.2, -0.15) is 0 Å². The molecule has 1 amide bonds. The van der Waals surface area contributed by atoms with Gasteiger partial charge in [0.1, 0.15) is 5.71 Å². The molecule has 0 aliphatic carbocycles. The molecule has 0 saturated carbocycles. The van der Waals surface area contributed by atoms with Gasteiger partial charge in [-0.1, -0.05) is 18.2 Å². The Morgan fingerprint density at radius 3 is 2.78 bits per heavy atom. The standard InChI is InChI=1S/C13H13N3OS/c17-12-11(10-7-4-8-14-10)15-13(18)16(12)9-5-2-1-3-6-9/h1-3,5-6,10,14H,4,7-8H2. The van der Waals surface area contributed by atoms with Crippen molar-refractivity contribution < 1.29 is 4.79 Å². The Hall–Kier alpha value is -1.59. The fourth-order valence-electron chi connectivity index (χ4n) is 2.35.